The molecule has 1 aromatic rings. The Bertz CT molecular complexity index is 761. The van der Waals surface area contributed by atoms with Crippen molar-refractivity contribution >= 4 is 29.5 Å². The van der Waals surface area contributed by atoms with Crippen molar-refractivity contribution in [2.75, 3.05) is 18.5 Å². The van der Waals surface area contributed by atoms with Gasteiger partial charge in [0, 0.05) is 5.69 Å². The van der Waals surface area contributed by atoms with Crippen LogP contribution in [0.2, 0.25) is 0 Å². The Morgan fingerprint density at radius 2 is 1.96 bits per heavy atom. The maximum atomic E-state index is 12.2. The summed E-state index contributed by atoms with van der Waals surface area (Å²) in [4.78, 5) is 48.7. The quantitative estimate of drug-likeness (QED) is 0.590. The zero-order chi connectivity index (χ0) is 19.5. The number of esters is 1. The molecule has 4 amide bonds. The molecule has 0 aliphatic carbocycles. The van der Waals surface area contributed by atoms with Gasteiger partial charge in [0.15, 0.2) is 6.61 Å². The average Bonchev–Trinajstić information content (AvgIpc) is 2.80. The molecule has 0 bridgehead atoms. The predicted octanol–water partition coefficient (Wildman–Crippen LogP) is 1.51. The van der Waals surface area contributed by atoms with E-state index in [0.29, 0.717) is 12.1 Å². The first kappa shape index (κ1) is 19.4. The average molecular weight is 361 g/mol. The lowest BCUT2D eigenvalue weighted by Crippen LogP contribution is -2.43. The number of nitrogens with one attached hydrogen (secondary N) is 2. The molecule has 0 saturated carbocycles. The van der Waals surface area contributed by atoms with Gasteiger partial charge in [0.1, 0.15) is 12.1 Å². The lowest BCUT2D eigenvalue weighted by Gasteiger charge is -2.18. The van der Waals surface area contributed by atoms with Crippen molar-refractivity contribution in [3.05, 3.63) is 29.3 Å². The molecule has 0 unspecified atom stereocenters. The molecule has 1 aliphatic rings. The number of rotatable bonds is 6. The fraction of sp³-hybridized carbons (Fsp3) is 0.444. The summed E-state index contributed by atoms with van der Waals surface area (Å²) in [7, 11) is 0. The van der Waals surface area contributed by atoms with Gasteiger partial charge in [-0.05, 0) is 44.4 Å². The van der Waals surface area contributed by atoms with Crippen molar-refractivity contribution in [2.24, 2.45) is 0 Å². The zero-order valence-electron chi connectivity index (χ0n) is 15.3. The van der Waals surface area contributed by atoms with Gasteiger partial charge >= 0.3 is 12.0 Å². The molecule has 26 heavy (non-hydrogen) atoms. The molecule has 1 heterocycles. The van der Waals surface area contributed by atoms with Crippen molar-refractivity contribution in [1.82, 2.24) is 10.2 Å². The number of anilines is 1. The fourth-order valence-electron chi connectivity index (χ4n) is 2.51. The number of nitrogens with zero attached hydrogens (tertiary/aromatic N) is 1. The van der Waals surface area contributed by atoms with Crippen LogP contribution in [-0.4, -0.2) is 47.4 Å². The number of benzene rings is 1. The minimum absolute atomic E-state index is 0.404. The Morgan fingerprint density at radius 1 is 1.27 bits per heavy atom. The van der Waals surface area contributed by atoms with Gasteiger partial charge in [0.05, 0.1) is 0 Å². The normalized spacial score (nSPS) is 19.3. The number of carbonyl (C=O) groups is 4. The van der Waals surface area contributed by atoms with Gasteiger partial charge in [0.2, 0.25) is 0 Å². The maximum Gasteiger partial charge on any atom is 0.326 e. The summed E-state index contributed by atoms with van der Waals surface area (Å²) in [6.45, 7) is 6.08. The lowest BCUT2D eigenvalue weighted by molar-refractivity contribution is -0.150. The summed E-state index contributed by atoms with van der Waals surface area (Å²) < 4.78 is 4.88. The minimum atomic E-state index is -1.02. The third kappa shape index (κ3) is 4.19. The molecule has 0 aromatic heterocycles. The summed E-state index contributed by atoms with van der Waals surface area (Å²) >= 11 is 0. The van der Waals surface area contributed by atoms with Crippen LogP contribution in [0, 0.1) is 13.8 Å². The number of hydrogen-bond donors (Lipinski definition) is 2. The van der Waals surface area contributed by atoms with Crippen LogP contribution < -0.4 is 10.6 Å². The van der Waals surface area contributed by atoms with Gasteiger partial charge in [-0.1, -0.05) is 19.1 Å². The fourth-order valence-corrected chi connectivity index (χ4v) is 2.51. The van der Waals surface area contributed by atoms with Crippen molar-refractivity contribution in [3.63, 3.8) is 0 Å². The monoisotopic (exact) mass is 361 g/mol. The highest BCUT2D eigenvalue weighted by Crippen LogP contribution is 2.20. The second kappa shape index (κ2) is 7.55. The molecule has 0 spiro atoms. The van der Waals surface area contributed by atoms with E-state index in [-0.39, 0.29) is 0 Å². The van der Waals surface area contributed by atoms with E-state index in [0.717, 1.165) is 16.0 Å². The smallest absolute Gasteiger partial charge is 0.326 e. The Hall–Kier alpha value is -2.90. The second-order valence-corrected chi connectivity index (χ2v) is 6.53. The Balaban J connectivity index is 1.87. The summed E-state index contributed by atoms with van der Waals surface area (Å²) in [5.41, 5.74) is 1.49. The zero-order valence-corrected chi connectivity index (χ0v) is 15.3. The standard InChI is InChI=1S/C18H23N3O5/c1-5-18(4)16(24)21(17(25)20-18)9-15(23)26-10-14(22)19-13-8-11(2)6-7-12(13)3/h6-8H,5,9-10H2,1-4H3,(H,19,22)(H,20,25)/t18-/m0/s1. The molecule has 1 atom stereocenters. The van der Waals surface area contributed by atoms with E-state index in [1.807, 2.05) is 32.0 Å². The van der Waals surface area contributed by atoms with Crippen LogP contribution in [-0.2, 0) is 19.1 Å². The number of amides is 4. The van der Waals surface area contributed by atoms with Gasteiger partial charge in [0.25, 0.3) is 11.8 Å². The van der Waals surface area contributed by atoms with E-state index in [1.54, 1.807) is 13.8 Å². The molecular weight excluding hydrogens is 338 g/mol. The van der Waals surface area contributed by atoms with Crippen molar-refractivity contribution in [1.29, 1.82) is 0 Å². The second-order valence-electron chi connectivity index (χ2n) is 6.53. The Kier molecular flexibility index (Phi) is 5.64. The molecule has 1 aromatic carbocycles. The molecule has 8 nitrogen and oxygen atoms in total. The Morgan fingerprint density at radius 3 is 2.58 bits per heavy atom. The van der Waals surface area contributed by atoms with Gasteiger partial charge in [-0.3, -0.25) is 19.3 Å². The maximum absolute atomic E-state index is 12.2. The number of urea groups is 1. The van der Waals surface area contributed by atoms with Crippen LogP contribution in [0.25, 0.3) is 0 Å². The third-order valence-electron chi connectivity index (χ3n) is 4.37. The highest BCUT2D eigenvalue weighted by Gasteiger charge is 2.47. The first-order chi connectivity index (χ1) is 12.2. The summed E-state index contributed by atoms with van der Waals surface area (Å²) in [6.07, 6.45) is 0.404. The molecule has 1 saturated heterocycles. The molecule has 1 fully saturated rings. The van der Waals surface area contributed by atoms with Crippen LogP contribution >= 0.6 is 0 Å². The summed E-state index contributed by atoms with van der Waals surface area (Å²) in [6, 6.07) is 4.97. The number of aryl methyl sites for hydroxylation is 2. The van der Waals surface area contributed by atoms with Crippen LogP contribution in [0.3, 0.4) is 0 Å². The van der Waals surface area contributed by atoms with Crippen molar-refractivity contribution < 1.29 is 23.9 Å². The lowest BCUT2D eigenvalue weighted by atomic mass is 9.99. The highest BCUT2D eigenvalue weighted by molar-refractivity contribution is 6.08. The van der Waals surface area contributed by atoms with Crippen molar-refractivity contribution in [2.45, 2.75) is 39.7 Å². The summed E-state index contributed by atoms with van der Waals surface area (Å²) in [5.74, 6) is -1.81. The van der Waals surface area contributed by atoms with Crippen LogP contribution in [0.1, 0.15) is 31.4 Å². The molecule has 1 aliphatic heterocycles. The van der Waals surface area contributed by atoms with E-state index in [1.165, 1.54) is 0 Å². The van der Waals surface area contributed by atoms with E-state index in [9.17, 15) is 19.2 Å². The molecule has 0 radical (unpaired) electrons. The highest BCUT2D eigenvalue weighted by atomic mass is 16.5. The van der Waals surface area contributed by atoms with E-state index < -0.39 is 42.5 Å². The van der Waals surface area contributed by atoms with Crippen LogP contribution in [0.4, 0.5) is 10.5 Å². The van der Waals surface area contributed by atoms with E-state index in [4.69, 9.17) is 4.74 Å². The van der Waals surface area contributed by atoms with Gasteiger partial charge in [-0.25, -0.2) is 4.79 Å². The predicted molar refractivity (Wildman–Crippen MR) is 94.4 cm³/mol. The van der Waals surface area contributed by atoms with E-state index in [2.05, 4.69) is 10.6 Å². The van der Waals surface area contributed by atoms with Gasteiger partial charge < -0.3 is 15.4 Å². The third-order valence-corrected chi connectivity index (χ3v) is 4.37. The molecular formula is C18H23N3O5. The topological polar surface area (TPSA) is 105 Å². The number of ether oxygens (including phenoxy) is 1. The van der Waals surface area contributed by atoms with Gasteiger partial charge in [-0.15, -0.1) is 0 Å². The van der Waals surface area contributed by atoms with Crippen LogP contribution in [0.5, 0.6) is 0 Å². The number of imide groups is 1. The molecule has 8 heteroatoms. The first-order valence-electron chi connectivity index (χ1n) is 8.33. The SMILES string of the molecule is CC[C@]1(C)NC(=O)N(CC(=O)OCC(=O)Nc2cc(C)ccc2C)C1=O. The number of hydrogen-bond acceptors (Lipinski definition) is 5. The van der Waals surface area contributed by atoms with Gasteiger partial charge in [-0.2, -0.15) is 0 Å². The Labute approximate surface area is 151 Å². The largest absolute Gasteiger partial charge is 0.454 e. The molecule has 2 rings (SSSR count). The molecule has 140 valence electrons. The van der Waals surface area contributed by atoms with Crippen molar-refractivity contribution in [3.8, 4) is 0 Å². The summed E-state index contributed by atoms with van der Waals surface area (Å²) in [5, 5.41) is 5.21. The number of carbonyl (C=O) groups excluding carboxylic acids is 4. The van der Waals surface area contributed by atoms with E-state index >= 15 is 0 Å². The van der Waals surface area contributed by atoms with Crippen LogP contribution in [0.15, 0.2) is 18.2 Å². The minimum Gasteiger partial charge on any atom is -0.454 e. The first-order valence-corrected chi connectivity index (χ1v) is 8.33. The molecule has 2 N–H and O–H groups in total.